The van der Waals surface area contributed by atoms with Crippen molar-refractivity contribution in [1.29, 1.82) is 0 Å². The number of nitrogens with one attached hydrogen (secondary N) is 1. The number of benzene rings is 2. The number of rotatable bonds is 8. The van der Waals surface area contributed by atoms with E-state index in [1.807, 2.05) is 6.92 Å². The Morgan fingerprint density at radius 2 is 1.88 bits per heavy atom. The highest BCUT2D eigenvalue weighted by Crippen LogP contribution is 2.32. The summed E-state index contributed by atoms with van der Waals surface area (Å²) in [6, 6.07) is 8.36. The number of carbonyl (C=O) groups is 1. The second-order valence-electron chi connectivity index (χ2n) is 5.74. The van der Waals surface area contributed by atoms with Crippen LogP contribution in [0.15, 0.2) is 41.3 Å². The van der Waals surface area contributed by atoms with Gasteiger partial charge in [-0.25, -0.2) is 13.2 Å². The summed E-state index contributed by atoms with van der Waals surface area (Å²) in [5, 5.41) is 9.23. The molecule has 0 aliphatic heterocycles. The Hall–Kier alpha value is -2.25. The van der Waals surface area contributed by atoms with E-state index in [9.17, 15) is 13.2 Å². The van der Waals surface area contributed by atoms with E-state index >= 15 is 0 Å². The summed E-state index contributed by atoms with van der Waals surface area (Å²) < 4.78 is 33.6. The Kier molecular flexibility index (Phi) is 6.50. The molecule has 0 unspecified atom stereocenters. The molecule has 0 aliphatic rings. The molecule has 0 radical (unpaired) electrons. The van der Waals surface area contributed by atoms with Gasteiger partial charge in [0, 0.05) is 10.7 Å². The largest absolute Gasteiger partial charge is 0.492 e. The van der Waals surface area contributed by atoms with Crippen LogP contribution < -0.4 is 9.46 Å². The summed E-state index contributed by atoms with van der Waals surface area (Å²) >= 11 is 6.10. The molecule has 140 valence electrons. The average Bonchev–Trinajstić information content (AvgIpc) is 2.58. The van der Waals surface area contributed by atoms with Gasteiger partial charge in [-0.2, -0.15) is 0 Å². The first-order valence-electron chi connectivity index (χ1n) is 8.03. The second kappa shape index (κ2) is 8.42. The van der Waals surface area contributed by atoms with E-state index < -0.39 is 16.0 Å². The van der Waals surface area contributed by atoms with E-state index in [0.29, 0.717) is 17.2 Å². The Morgan fingerprint density at radius 1 is 1.23 bits per heavy atom. The summed E-state index contributed by atoms with van der Waals surface area (Å²) in [6.07, 6.45) is 1.72. The number of carboxylic acids is 1. The zero-order chi connectivity index (χ0) is 19.3. The zero-order valence-corrected chi connectivity index (χ0v) is 16.0. The Morgan fingerprint density at radius 3 is 2.46 bits per heavy atom. The van der Waals surface area contributed by atoms with Crippen LogP contribution in [0, 0.1) is 6.92 Å². The predicted molar refractivity (Wildman–Crippen MR) is 101 cm³/mol. The van der Waals surface area contributed by atoms with Crippen LogP contribution in [0.5, 0.6) is 5.75 Å². The highest BCUT2D eigenvalue weighted by molar-refractivity contribution is 7.92. The molecule has 8 heteroatoms. The van der Waals surface area contributed by atoms with Crippen molar-refractivity contribution in [3.8, 4) is 5.75 Å². The molecular weight excluding hydrogens is 378 g/mol. The van der Waals surface area contributed by atoms with Gasteiger partial charge >= 0.3 is 5.97 Å². The van der Waals surface area contributed by atoms with Crippen molar-refractivity contribution in [3.63, 3.8) is 0 Å². The first-order chi connectivity index (χ1) is 12.2. The van der Waals surface area contributed by atoms with Crippen LogP contribution in [-0.2, 0) is 10.0 Å². The number of unbranched alkanes of at least 4 members (excludes halogenated alkanes) is 1. The fourth-order valence-electron chi connectivity index (χ4n) is 2.18. The molecule has 2 aromatic rings. The topological polar surface area (TPSA) is 92.7 Å². The van der Waals surface area contributed by atoms with Crippen LogP contribution in [0.2, 0.25) is 5.02 Å². The Bertz CT molecular complexity index is 895. The van der Waals surface area contributed by atoms with Gasteiger partial charge in [0.15, 0.2) is 0 Å². The van der Waals surface area contributed by atoms with Crippen LogP contribution in [-0.4, -0.2) is 26.1 Å². The first kappa shape index (κ1) is 20.1. The van der Waals surface area contributed by atoms with Crippen molar-refractivity contribution >= 4 is 33.3 Å². The molecule has 2 N–H and O–H groups in total. The highest BCUT2D eigenvalue weighted by Gasteiger charge is 2.22. The van der Waals surface area contributed by atoms with Gasteiger partial charge in [-0.1, -0.05) is 24.9 Å². The average molecular weight is 398 g/mol. The summed E-state index contributed by atoms with van der Waals surface area (Å²) in [7, 11) is -3.96. The summed E-state index contributed by atoms with van der Waals surface area (Å²) in [5.74, 6) is -0.855. The molecule has 0 fully saturated rings. The van der Waals surface area contributed by atoms with Gasteiger partial charge in [0.2, 0.25) is 0 Å². The minimum absolute atomic E-state index is 0.0634. The summed E-state index contributed by atoms with van der Waals surface area (Å²) in [4.78, 5) is 10.8. The number of halogens is 1. The van der Waals surface area contributed by atoms with Crippen LogP contribution >= 0.6 is 11.6 Å². The van der Waals surface area contributed by atoms with Crippen LogP contribution in [0.4, 0.5) is 5.69 Å². The lowest BCUT2D eigenvalue weighted by Crippen LogP contribution is -2.15. The van der Waals surface area contributed by atoms with E-state index in [-0.39, 0.29) is 21.9 Å². The van der Waals surface area contributed by atoms with Crippen molar-refractivity contribution in [2.75, 3.05) is 11.3 Å². The molecule has 0 heterocycles. The van der Waals surface area contributed by atoms with E-state index in [4.69, 9.17) is 21.4 Å². The molecule has 0 bridgehead atoms. The summed E-state index contributed by atoms with van der Waals surface area (Å²) in [6.45, 7) is 4.17. The maximum absolute atomic E-state index is 12.8. The molecule has 0 saturated carbocycles. The van der Waals surface area contributed by atoms with E-state index in [1.54, 1.807) is 13.0 Å². The minimum Gasteiger partial charge on any atom is -0.492 e. The first-order valence-corrected chi connectivity index (χ1v) is 9.90. The molecule has 0 aliphatic carbocycles. The lowest BCUT2D eigenvalue weighted by atomic mass is 10.2. The molecular formula is C18H20ClNO5S. The van der Waals surface area contributed by atoms with Gasteiger partial charge < -0.3 is 9.84 Å². The molecule has 6 nitrogen and oxygen atoms in total. The number of hydrogen-bond acceptors (Lipinski definition) is 4. The Labute approximate surface area is 157 Å². The third-order valence-corrected chi connectivity index (χ3v) is 5.46. The number of hydrogen-bond donors (Lipinski definition) is 2. The second-order valence-corrected chi connectivity index (χ2v) is 7.80. The number of aromatic carboxylic acids is 1. The van der Waals surface area contributed by atoms with E-state index in [0.717, 1.165) is 12.8 Å². The quantitative estimate of drug-likeness (QED) is 0.647. The lowest BCUT2D eigenvalue weighted by Gasteiger charge is -2.15. The van der Waals surface area contributed by atoms with Crippen LogP contribution in [0.25, 0.3) is 0 Å². The third-order valence-electron chi connectivity index (χ3n) is 3.65. The molecule has 0 saturated heterocycles. The molecule has 0 spiro atoms. The number of aryl methyl sites for hydroxylation is 1. The number of anilines is 1. The molecule has 2 aromatic carbocycles. The Balaban J connectivity index is 2.34. The minimum atomic E-state index is -3.96. The third kappa shape index (κ3) is 4.89. The SMILES string of the molecule is CCCCOc1cc(C)c(Cl)cc1S(=O)(=O)Nc1ccc(C(=O)O)cc1. The smallest absolute Gasteiger partial charge is 0.335 e. The van der Waals surface area contributed by atoms with Gasteiger partial charge in [-0.15, -0.1) is 0 Å². The van der Waals surface area contributed by atoms with Crippen LogP contribution in [0.3, 0.4) is 0 Å². The van der Waals surface area contributed by atoms with E-state index in [1.165, 1.54) is 30.3 Å². The maximum Gasteiger partial charge on any atom is 0.335 e. The number of ether oxygens (including phenoxy) is 1. The predicted octanol–water partition coefficient (Wildman–Crippen LogP) is 4.33. The number of sulfonamides is 1. The monoisotopic (exact) mass is 397 g/mol. The van der Waals surface area contributed by atoms with Gasteiger partial charge in [-0.05, 0) is 55.3 Å². The van der Waals surface area contributed by atoms with Gasteiger partial charge in [0.05, 0.1) is 12.2 Å². The fourth-order valence-corrected chi connectivity index (χ4v) is 3.62. The van der Waals surface area contributed by atoms with Crippen molar-refractivity contribution in [1.82, 2.24) is 0 Å². The van der Waals surface area contributed by atoms with Crippen LogP contribution in [0.1, 0.15) is 35.7 Å². The molecule has 0 amide bonds. The van der Waals surface area contributed by atoms with Crippen molar-refractivity contribution < 1.29 is 23.1 Å². The van der Waals surface area contributed by atoms with Crippen molar-refractivity contribution in [2.24, 2.45) is 0 Å². The lowest BCUT2D eigenvalue weighted by molar-refractivity contribution is 0.0697. The standard InChI is InChI=1S/C18H20ClNO5S/c1-3-4-9-25-16-10-12(2)15(19)11-17(16)26(23,24)20-14-7-5-13(6-8-14)18(21)22/h5-8,10-11,20H,3-4,9H2,1-2H3,(H,21,22). The van der Waals surface area contributed by atoms with Gasteiger partial charge in [0.1, 0.15) is 10.6 Å². The molecule has 0 atom stereocenters. The zero-order valence-electron chi connectivity index (χ0n) is 14.5. The van der Waals surface area contributed by atoms with Gasteiger partial charge in [-0.3, -0.25) is 4.72 Å². The van der Waals surface area contributed by atoms with E-state index in [2.05, 4.69) is 4.72 Å². The summed E-state index contributed by atoms with van der Waals surface area (Å²) in [5.41, 5.74) is 1.02. The van der Waals surface area contributed by atoms with Crippen molar-refractivity contribution in [2.45, 2.75) is 31.6 Å². The highest BCUT2D eigenvalue weighted by atomic mass is 35.5. The fraction of sp³-hybridized carbons (Fsp3) is 0.278. The maximum atomic E-state index is 12.8. The normalized spacial score (nSPS) is 11.2. The van der Waals surface area contributed by atoms with Crippen molar-refractivity contribution in [3.05, 3.63) is 52.5 Å². The molecule has 2 rings (SSSR count). The number of carboxylic acid groups (broad SMARTS) is 1. The molecule has 0 aromatic heterocycles. The van der Waals surface area contributed by atoms with Gasteiger partial charge in [0.25, 0.3) is 10.0 Å². The molecule has 26 heavy (non-hydrogen) atoms.